The molecule has 18 nitrogen and oxygen atoms in total. The summed E-state index contributed by atoms with van der Waals surface area (Å²) >= 11 is 0. The van der Waals surface area contributed by atoms with Crippen molar-refractivity contribution in [1.29, 1.82) is 0 Å². The van der Waals surface area contributed by atoms with Crippen molar-refractivity contribution < 1.29 is 63.0 Å². The number of benzene rings is 3. The maximum atomic E-state index is 13.7. The minimum atomic E-state index is -5.23. The van der Waals surface area contributed by atoms with Gasteiger partial charge >= 0.3 is 18.1 Å². The van der Waals surface area contributed by atoms with E-state index in [9.17, 15) is 48.9 Å². The Balaban J connectivity index is 2.30. The molecule has 3 aromatic carbocycles. The third-order valence-electron chi connectivity index (χ3n) is 5.95. The van der Waals surface area contributed by atoms with Crippen LogP contribution in [0.5, 0.6) is 0 Å². The van der Waals surface area contributed by atoms with E-state index in [1.54, 1.807) is 0 Å². The summed E-state index contributed by atoms with van der Waals surface area (Å²) in [5.41, 5.74) is 4.74. The van der Waals surface area contributed by atoms with Crippen molar-refractivity contribution >= 4 is 77.9 Å². The molecule has 0 aliphatic rings. The Kier molecular flexibility index (Phi) is 10.5. The number of nitrogen functional groups attached to an aromatic ring is 2. The number of halogens is 3. The highest BCUT2D eigenvalue weighted by molar-refractivity contribution is 7.86. The monoisotopic (exact) mass is 717 g/mol. The summed E-state index contributed by atoms with van der Waals surface area (Å²) in [5, 5.41) is 16.7. The SMILES string of the molecule is COC(=O)c1cc(NC(C)=O)c(C(=O)OC)cc1N=Nc1c(N)c(N=Nc2ccc(S(=O)(=O)O)cc2C(F)(F)F)cc(S(=O)(=O)O)c1N. The summed E-state index contributed by atoms with van der Waals surface area (Å²) in [7, 11) is -8.28. The predicted octanol–water partition coefficient (Wildman–Crippen LogP) is 4.73. The van der Waals surface area contributed by atoms with Crippen LogP contribution in [0.3, 0.4) is 0 Å². The van der Waals surface area contributed by atoms with Gasteiger partial charge in [-0.3, -0.25) is 13.9 Å². The van der Waals surface area contributed by atoms with Gasteiger partial charge in [-0.25, -0.2) is 9.59 Å². The van der Waals surface area contributed by atoms with Gasteiger partial charge in [0.1, 0.15) is 22.0 Å². The lowest BCUT2D eigenvalue weighted by Crippen LogP contribution is -2.14. The Morgan fingerprint density at radius 3 is 1.85 bits per heavy atom. The number of nitrogens with zero attached hydrogens (tertiary/aromatic N) is 4. The fourth-order valence-corrected chi connectivity index (χ4v) is 4.93. The summed E-state index contributed by atoms with van der Waals surface area (Å²) in [4.78, 5) is 34.4. The topological polar surface area (TPSA) is 292 Å². The Labute approximate surface area is 268 Å². The van der Waals surface area contributed by atoms with E-state index in [-0.39, 0.29) is 17.3 Å². The Morgan fingerprint density at radius 1 is 0.771 bits per heavy atom. The molecule has 3 aromatic rings. The second-order valence-electron chi connectivity index (χ2n) is 9.18. The number of hydrogen-bond donors (Lipinski definition) is 5. The Hall–Kier alpha value is -5.52. The molecule has 0 aromatic heterocycles. The van der Waals surface area contributed by atoms with Crippen LogP contribution in [-0.4, -0.2) is 58.0 Å². The van der Waals surface area contributed by atoms with Crippen molar-refractivity contribution in [2.75, 3.05) is 31.0 Å². The van der Waals surface area contributed by atoms with Crippen LogP contribution in [0.25, 0.3) is 0 Å². The van der Waals surface area contributed by atoms with Gasteiger partial charge in [-0.2, -0.15) is 30.0 Å². The number of ether oxygens (including phenoxy) is 2. The van der Waals surface area contributed by atoms with E-state index in [1.807, 2.05) is 0 Å². The number of amides is 1. The van der Waals surface area contributed by atoms with Gasteiger partial charge in [0.25, 0.3) is 20.2 Å². The van der Waals surface area contributed by atoms with E-state index in [0.29, 0.717) is 18.2 Å². The van der Waals surface area contributed by atoms with E-state index in [2.05, 4.69) is 30.5 Å². The smallest absolute Gasteiger partial charge is 0.418 e. The molecule has 0 fully saturated rings. The van der Waals surface area contributed by atoms with Crippen LogP contribution in [0.4, 0.5) is 53.0 Å². The molecule has 0 spiro atoms. The third kappa shape index (κ3) is 8.24. The average molecular weight is 718 g/mol. The molecule has 256 valence electrons. The van der Waals surface area contributed by atoms with E-state index < -0.39 is 99.3 Å². The standard InChI is InChI=1S/C25H22F3N7O11S2/c1-10(36)31-16-7-13(24(38)46-3)17(8-12(16)23(37)45-2)33-35-22-20(29)18(9-19(21(22)30)48(42,43)44)34-32-15-5-4-11(47(39,40)41)6-14(15)25(26,27)28/h4-9H,29-30H2,1-3H3,(H,31,36)(H,39,40,41)(H,42,43,44). The van der Waals surface area contributed by atoms with Crippen molar-refractivity contribution in [3.8, 4) is 0 Å². The molecule has 7 N–H and O–H groups in total. The van der Waals surface area contributed by atoms with E-state index >= 15 is 0 Å². The number of methoxy groups -OCH3 is 2. The first-order valence-electron chi connectivity index (χ1n) is 12.4. The Morgan fingerprint density at radius 2 is 1.33 bits per heavy atom. The molecule has 0 saturated heterocycles. The molecule has 23 heteroatoms. The molecule has 0 bridgehead atoms. The highest BCUT2D eigenvalue weighted by Gasteiger charge is 2.35. The van der Waals surface area contributed by atoms with Gasteiger partial charge in [-0.05, 0) is 36.4 Å². The quantitative estimate of drug-likeness (QED) is 0.0867. The van der Waals surface area contributed by atoms with Gasteiger partial charge in [0, 0.05) is 6.92 Å². The molecule has 0 unspecified atom stereocenters. The van der Waals surface area contributed by atoms with E-state index in [0.717, 1.165) is 33.3 Å². The van der Waals surface area contributed by atoms with Crippen molar-refractivity contribution in [1.82, 2.24) is 0 Å². The largest absolute Gasteiger partial charge is 0.465 e. The number of carbonyl (C=O) groups excluding carboxylic acids is 3. The van der Waals surface area contributed by atoms with Gasteiger partial charge in [-0.15, -0.1) is 20.5 Å². The number of esters is 2. The fourth-order valence-electron chi connectivity index (χ4n) is 3.78. The predicted molar refractivity (Wildman–Crippen MR) is 158 cm³/mol. The van der Waals surface area contributed by atoms with Crippen molar-refractivity contribution in [2.45, 2.75) is 22.9 Å². The maximum absolute atomic E-state index is 13.7. The summed E-state index contributed by atoms with van der Waals surface area (Å²) in [6.07, 6.45) is -5.23. The van der Waals surface area contributed by atoms with E-state index in [4.69, 9.17) is 20.8 Å². The molecule has 0 aliphatic heterocycles. The number of rotatable bonds is 9. The van der Waals surface area contributed by atoms with Gasteiger partial charge in [0.15, 0.2) is 0 Å². The van der Waals surface area contributed by atoms with Crippen LogP contribution >= 0.6 is 0 Å². The van der Waals surface area contributed by atoms with Crippen LogP contribution in [0, 0.1) is 0 Å². The summed E-state index contributed by atoms with van der Waals surface area (Å²) < 4.78 is 116. The summed E-state index contributed by atoms with van der Waals surface area (Å²) in [5.74, 6) is -2.72. The summed E-state index contributed by atoms with van der Waals surface area (Å²) in [6, 6.07) is 3.62. The molecule has 0 radical (unpaired) electrons. The highest BCUT2D eigenvalue weighted by Crippen LogP contribution is 2.44. The third-order valence-corrected chi connectivity index (χ3v) is 7.69. The molecule has 0 aliphatic carbocycles. The molecule has 48 heavy (non-hydrogen) atoms. The summed E-state index contributed by atoms with van der Waals surface area (Å²) in [6.45, 7) is 1.10. The number of nitrogens with one attached hydrogen (secondary N) is 1. The fraction of sp³-hybridized carbons (Fsp3) is 0.160. The van der Waals surface area contributed by atoms with Crippen molar-refractivity contribution in [3.05, 3.63) is 53.1 Å². The molecule has 0 saturated carbocycles. The van der Waals surface area contributed by atoms with Crippen molar-refractivity contribution in [2.24, 2.45) is 20.5 Å². The number of hydrogen-bond acceptors (Lipinski definition) is 15. The lowest BCUT2D eigenvalue weighted by molar-refractivity contribution is -0.137. The number of anilines is 3. The highest BCUT2D eigenvalue weighted by atomic mass is 32.2. The van der Waals surface area contributed by atoms with Crippen LogP contribution in [0.15, 0.2) is 66.6 Å². The van der Waals surface area contributed by atoms with Crippen molar-refractivity contribution in [3.63, 3.8) is 0 Å². The number of alkyl halides is 3. The lowest BCUT2D eigenvalue weighted by Gasteiger charge is -2.13. The van der Waals surface area contributed by atoms with E-state index in [1.165, 1.54) is 0 Å². The van der Waals surface area contributed by atoms with Crippen LogP contribution in [0.1, 0.15) is 33.2 Å². The van der Waals surface area contributed by atoms with Crippen LogP contribution < -0.4 is 16.8 Å². The van der Waals surface area contributed by atoms with Gasteiger partial charge < -0.3 is 26.3 Å². The normalized spacial score (nSPS) is 12.3. The minimum absolute atomic E-state index is 0.0674. The molecular weight excluding hydrogens is 695 g/mol. The Bertz CT molecular complexity index is 2120. The first kappa shape index (κ1) is 36.9. The molecular formula is C25H22F3N7O11S2. The first-order valence-corrected chi connectivity index (χ1v) is 15.3. The number of azo groups is 2. The minimum Gasteiger partial charge on any atom is -0.465 e. The van der Waals surface area contributed by atoms with Gasteiger partial charge in [-0.1, -0.05) is 0 Å². The zero-order chi connectivity index (χ0) is 36.4. The molecule has 0 heterocycles. The number of carbonyl (C=O) groups is 3. The zero-order valence-corrected chi connectivity index (χ0v) is 26.1. The van der Waals surface area contributed by atoms with Gasteiger partial charge in [0.2, 0.25) is 5.91 Å². The van der Waals surface area contributed by atoms with Crippen LogP contribution in [-0.2, 0) is 40.7 Å². The second kappa shape index (κ2) is 13.7. The zero-order valence-electron chi connectivity index (χ0n) is 24.4. The maximum Gasteiger partial charge on any atom is 0.418 e. The van der Waals surface area contributed by atoms with Gasteiger partial charge in [0.05, 0.1) is 58.6 Å². The molecule has 0 atom stereocenters. The average Bonchev–Trinajstić information content (AvgIpc) is 2.98. The number of nitrogens with two attached hydrogens (primary N) is 2. The second-order valence-corrected chi connectivity index (χ2v) is 12.0. The van der Waals surface area contributed by atoms with Crippen LogP contribution in [0.2, 0.25) is 0 Å². The molecule has 1 amide bonds. The molecule has 3 rings (SSSR count). The first-order chi connectivity index (χ1) is 22.1. The lowest BCUT2D eigenvalue weighted by atomic mass is 10.1.